The number of hydrogen-bond acceptors (Lipinski definition) is 5. The van der Waals surface area contributed by atoms with Crippen molar-refractivity contribution in [1.82, 2.24) is 9.80 Å². The van der Waals surface area contributed by atoms with Crippen LogP contribution < -0.4 is 5.73 Å². The van der Waals surface area contributed by atoms with Gasteiger partial charge in [-0.05, 0) is 6.42 Å². The summed E-state index contributed by atoms with van der Waals surface area (Å²) in [6.45, 7) is 7.25. The third-order valence-electron chi connectivity index (χ3n) is 3.51. The van der Waals surface area contributed by atoms with Gasteiger partial charge in [-0.15, -0.1) is 0 Å². The fourth-order valence-electron chi connectivity index (χ4n) is 2.27. The second-order valence-electron chi connectivity index (χ2n) is 5.08. The number of amides is 1. The van der Waals surface area contributed by atoms with Gasteiger partial charge in [-0.2, -0.15) is 5.26 Å². The molecule has 1 saturated heterocycles. The van der Waals surface area contributed by atoms with Crippen molar-refractivity contribution in [3.63, 3.8) is 0 Å². The molecule has 0 aromatic carbocycles. The van der Waals surface area contributed by atoms with E-state index in [1.807, 2.05) is 6.92 Å². The maximum Gasteiger partial charge on any atom is 0.239 e. The maximum absolute atomic E-state index is 12.3. The van der Waals surface area contributed by atoms with Crippen LogP contribution in [0.4, 0.5) is 0 Å². The first-order valence-corrected chi connectivity index (χ1v) is 7.40. The van der Waals surface area contributed by atoms with E-state index in [-0.39, 0.29) is 5.91 Å². The Morgan fingerprint density at radius 3 is 2.75 bits per heavy atom. The SMILES string of the molecule is CCCC(N)C(=O)N(CCC#N)CCN1CCOCC1. The van der Waals surface area contributed by atoms with Crippen LogP contribution >= 0.6 is 0 Å². The highest BCUT2D eigenvalue weighted by molar-refractivity contribution is 5.81. The molecule has 6 nitrogen and oxygen atoms in total. The zero-order valence-corrected chi connectivity index (χ0v) is 12.4. The number of rotatable bonds is 8. The van der Waals surface area contributed by atoms with E-state index >= 15 is 0 Å². The molecule has 0 bridgehead atoms. The fraction of sp³-hybridized carbons (Fsp3) is 0.857. The first-order valence-electron chi connectivity index (χ1n) is 7.40. The van der Waals surface area contributed by atoms with E-state index in [4.69, 9.17) is 15.7 Å². The Morgan fingerprint density at radius 2 is 2.15 bits per heavy atom. The van der Waals surface area contributed by atoms with Gasteiger partial charge in [0.1, 0.15) is 0 Å². The number of nitrogens with two attached hydrogens (primary N) is 1. The Hall–Kier alpha value is -1.16. The topological polar surface area (TPSA) is 82.6 Å². The molecule has 114 valence electrons. The molecule has 0 saturated carbocycles. The van der Waals surface area contributed by atoms with Crippen molar-refractivity contribution in [2.75, 3.05) is 45.9 Å². The number of ether oxygens (including phenoxy) is 1. The van der Waals surface area contributed by atoms with E-state index in [1.54, 1.807) is 4.90 Å². The Labute approximate surface area is 121 Å². The van der Waals surface area contributed by atoms with Gasteiger partial charge in [-0.25, -0.2) is 0 Å². The van der Waals surface area contributed by atoms with E-state index in [0.717, 1.165) is 39.3 Å². The number of nitriles is 1. The van der Waals surface area contributed by atoms with Gasteiger partial charge in [0.25, 0.3) is 0 Å². The quantitative estimate of drug-likeness (QED) is 0.687. The number of morpholine rings is 1. The minimum Gasteiger partial charge on any atom is -0.379 e. The lowest BCUT2D eigenvalue weighted by atomic mass is 10.1. The highest BCUT2D eigenvalue weighted by atomic mass is 16.5. The molecular formula is C14H26N4O2. The molecule has 1 rings (SSSR count). The third-order valence-corrected chi connectivity index (χ3v) is 3.51. The lowest BCUT2D eigenvalue weighted by Crippen LogP contribution is -2.48. The molecule has 20 heavy (non-hydrogen) atoms. The highest BCUT2D eigenvalue weighted by Crippen LogP contribution is 2.03. The molecule has 0 aliphatic carbocycles. The molecule has 1 aliphatic rings. The average molecular weight is 282 g/mol. The first kappa shape index (κ1) is 16.9. The Balaban J connectivity index is 2.45. The van der Waals surface area contributed by atoms with E-state index < -0.39 is 6.04 Å². The van der Waals surface area contributed by atoms with Gasteiger partial charge in [-0.3, -0.25) is 9.69 Å². The summed E-state index contributed by atoms with van der Waals surface area (Å²) in [5.74, 6) is -0.0321. The summed E-state index contributed by atoms with van der Waals surface area (Å²) in [7, 11) is 0. The van der Waals surface area contributed by atoms with Crippen LogP contribution in [0.1, 0.15) is 26.2 Å². The molecule has 0 spiro atoms. The average Bonchev–Trinajstić information content (AvgIpc) is 2.48. The Morgan fingerprint density at radius 1 is 1.45 bits per heavy atom. The normalized spacial score (nSPS) is 17.4. The minimum atomic E-state index is -0.441. The molecule has 1 unspecified atom stereocenters. The standard InChI is InChI=1S/C14H26N4O2/c1-2-4-13(16)14(19)18(6-3-5-15)8-7-17-9-11-20-12-10-17/h13H,2-4,6-12,16H2,1H3. The van der Waals surface area contributed by atoms with Crippen molar-refractivity contribution in [3.05, 3.63) is 0 Å². The van der Waals surface area contributed by atoms with Crippen molar-refractivity contribution >= 4 is 5.91 Å². The predicted molar refractivity (Wildman–Crippen MR) is 77.0 cm³/mol. The summed E-state index contributed by atoms with van der Waals surface area (Å²) in [6, 6.07) is 1.65. The van der Waals surface area contributed by atoms with Gasteiger partial charge in [-0.1, -0.05) is 13.3 Å². The summed E-state index contributed by atoms with van der Waals surface area (Å²) < 4.78 is 5.30. The Kier molecular flexibility index (Phi) is 8.19. The van der Waals surface area contributed by atoms with Gasteiger partial charge in [0.2, 0.25) is 5.91 Å². The largest absolute Gasteiger partial charge is 0.379 e. The summed E-state index contributed by atoms with van der Waals surface area (Å²) in [5.41, 5.74) is 5.90. The van der Waals surface area contributed by atoms with Gasteiger partial charge in [0.15, 0.2) is 0 Å². The maximum atomic E-state index is 12.3. The molecule has 1 aliphatic heterocycles. The third kappa shape index (κ3) is 5.87. The molecule has 1 fully saturated rings. The van der Waals surface area contributed by atoms with Crippen LogP contribution in [0.25, 0.3) is 0 Å². The summed E-state index contributed by atoms with van der Waals surface area (Å²) in [6.07, 6.45) is 1.94. The number of carbonyl (C=O) groups excluding carboxylic acids is 1. The molecule has 0 radical (unpaired) electrons. The predicted octanol–water partition coefficient (Wildman–Crippen LogP) is 0.188. The van der Waals surface area contributed by atoms with Crippen molar-refractivity contribution in [2.45, 2.75) is 32.2 Å². The molecular weight excluding hydrogens is 256 g/mol. The van der Waals surface area contributed by atoms with Gasteiger partial charge >= 0.3 is 0 Å². The smallest absolute Gasteiger partial charge is 0.239 e. The number of carbonyl (C=O) groups is 1. The van der Waals surface area contributed by atoms with Crippen molar-refractivity contribution in [2.24, 2.45) is 5.73 Å². The van der Waals surface area contributed by atoms with Crippen molar-refractivity contribution in [1.29, 1.82) is 5.26 Å². The zero-order valence-electron chi connectivity index (χ0n) is 12.4. The van der Waals surface area contributed by atoms with Crippen LogP contribution in [-0.2, 0) is 9.53 Å². The first-order chi connectivity index (χ1) is 9.69. The molecule has 6 heteroatoms. The van der Waals surface area contributed by atoms with E-state index in [1.165, 1.54) is 0 Å². The summed E-state index contributed by atoms with van der Waals surface area (Å²) in [4.78, 5) is 16.3. The van der Waals surface area contributed by atoms with Crippen molar-refractivity contribution < 1.29 is 9.53 Å². The monoisotopic (exact) mass is 282 g/mol. The van der Waals surface area contributed by atoms with Crippen LogP contribution in [-0.4, -0.2) is 67.7 Å². The van der Waals surface area contributed by atoms with Gasteiger partial charge in [0.05, 0.1) is 31.7 Å². The second kappa shape index (κ2) is 9.70. The molecule has 1 heterocycles. The van der Waals surface area contributed by atoms with Crippen LogP contribution in [0, 0.1) is 11.3 Å². The number of nitrogens with zero attached hydrogens (tertiary/aromatic N) is 3. The minimum absolute atomic E-state index is 0.0321. The highest BCUT2D eigenvalue weighted by Gasteiger charge is 2.21. The molecule has 1 atom stereocenters. The molecule has 0 aromatic rings. The summed E-state index contributed by atoms with van der Waals surface area (Å²) in [5, 5.41) is 8.71. The fourth-order valence-corrected chi connectivity index (χ4v) is 2.27. The molecule has 0 aromatic heterocycles. The van der Waals surface area contributed by atoms with E-state index in [0.29, 0.717) is 25.9 Å². The molecule has 2 N–H and O–H groups in total. The lowest BCUT2D eigenvalue weighted by molar-refractivity contribution is -0.133. The van der Waals surface area contributed by atoms with Crippen LogP contribution in [0.3, 0.4) is 0 Å². The Bertz CT molecular complexity index is 324. The van der Waals surface area contributed by atoms with Crippen molar-refractivity contribution in [3.8, 4) is 6.07 Å². The van der Waals surface area contributed by atoms with E-state index in [9.17, 15) is 4.79 Å². The van der Waals surface area contributed by atoms with Crippen LogP contribution in [0.15, 0.2) is 0 Å². The van der Waals surface area contributed by atoms with Crippen LogP contribution in [0.5, 0.6) is 0 Å². The lowest BCUT2D eigenvalue weighted by Gasteiger charge is -2.30. The van der Waals surface area contributed by atoms with Crippen LogP contribution in [0.2, 0.25) is 0 Å². The van der Waals surface area contributed by atoms with Gasteiger partial charge < -0.3 is 15.4 Å². The van der Waals surface area contributed by atoms with E-state index in [2.05, 4.69) is 11.0 Å². The van der Waals surface area contributed by atoms with Gasteiger partial charge in [0, 0.05) is 32.7 Å². The second-order valence-corrected chi connectivity index (χ2v) is 5.08. The zero-order chi connectivity index (χ0) is 14.8. The molecule has 1 amide bonds. The summed E-state index contributed by atoms with van der Waals surface area (Å²) >= 11 is 0. The number of hydrogen-bond donors (Lipinski definition) is 1.